The molecule has 0 spiro atoms. The van der Waals surface area contributed by atoms with Crippen molar-refractivity contribution in [3.8, 4) is 11.5 Å². The molecule has 2 N–H and O–H groups in total. The highest BCUT2D eigenvalue weighted by Crippen LogP contribution is 2.18. The Balaban J connectivity index is 1.78. The molecule has 4 heteroatoms. The minimum atomic E-state index is -0.566. The lowest BCUT2D eigenvalue weighted by Crippen LogP contribution is -2.33. The number of hydrogen-bond donors (Lipinski definition) is 2. The van der Waals surface area contributed by atoms with E-state index in [1.165, 1.54) is 0 Å². The lowest BCUT2D eigenvalue weighted by atomic mass is 10.1. The predicted octanol–water partition coefficient (Wildman–Crippen LogP) is 3.09. The van der Waals surface area contributed by atoms with E-state index >= 15 is 0 Å². The van der Waals surface area contributed by atoms with Crippen molar-refractivity contribution in [2.45, 2.75) is 26.0 Å². The molecule has 0 heterocycles. The summed E-state index contributed by atoms with van der Waals surface area (Å²) in [5.74, 6) is 1.62. The summed E-state index contributed by atoms with van der Waals surface area (Å²) in [5.41, 5.74) is 2.26. The summed E-state index contributed by atoms with van der Waals surface area (Å²) in [4.78, 5) is 0. The molecule has 2 aromatic rings. The molecular formula is C19H25NO3. The van der Waals surface area contributed by atoms with Gasteiger partial charge in [0.1, 0.15) is 24.2 Å². The maximum Gasteiger partial charge on any atom is 0.119 e. The fourth-order valence-electron chi connectivity index (χ4n) is 2.30. The largest absolute Gasteiger partial charge is 0.497 e. The van der Waals surface area contributed by atoms with Gasteiger partial charge in [0.2, 0.25) is 0 Å². The third kappa shape index (κ3) is 5.58. The normalized spacial score (nSPS) is 13.4. The molecule has 0 amide bonds. The summed E-state index contributed by atoms with van der Waals surface area (Å²) < 4.78 is 10.8. The summed E-state index contributed by atoms with van der Waals surface area (Å²) in [6, 6.07) is 15.8. The molecule has 124 valence electrons. The summed E-state index contributed by atoms with van der Waals surface area (Å²) >= 11 is 0. The van der Waals surface area contributed by atoms with Crippen LogP contribution in [0, 0.1) is 6.92 Å². The molecule has 23 heavy (non-hydrogen) atoms. The van der Waals surface area contributed by atoms with Gasteiger partial charge in [-0.2, -0.15) is 0 Å². The van der Waals surface area contributed by atoms with Gasteiger partial charge in [-0.3, -0.25) is 0 Å². The van der Waals surface area contributed by atoms with Gasteiger partial charge in [-0.25, -0.2) is 0 Å². The van der Waals surface area contributed by atoms with Crippen molar-refractivity contribution in [2.75, 3.05) is 20.3 Å². The number of hydrogen-bond acceptors (Lipinski definition) is 4. The quantitative estimate of drug-likeness (QED) is 0.786. The third-order valence-corrected chi connectivity index (χ3v) is 3.69. The number of rotatable bonds is 8. The highest BCUT2D eigenvalue weighted by atomic mass is 16.5. The first-order valence-corrected chi connectivity index (χ1v) is 7.83. The number of aryl methyl sites for hydroxylation is 1. The standard InChI is InChI=1S/C19H25NO3/c1-14-6-4-9-19(10-14)23-13-17(21)12-20-15(2)16-7-5-8-18(11-16)22-3/h4-11,15,17,20-21H,12-13H2,1-3H3. The van der Waals surface area contributed by atoms with Crippen LogP contribution < -0.4 is 14.8 Å². The lowest BCUT2D eigenvalue weighted by molar-refractivity contribution is 0.104. The van der Waals surface area contributed by atoms with Crippen molar-refractivity contribution in [1.29, 1.82) is 0 Å². The van der Waals surface area contributed by atoms with Crippen LogP contribution in [0.1, 0.15) is 24.1 Å². The van der Waals surface area contributed by atoms with Gasteiger partial charge in [-0.15, -0.1) is 0 Å². The summed E-state index contributed by atoms with van der Waals surface area (Å²) in [6.07, 6.45) is -0.566. The van der Waals surface area contributed by atoms with Crippen molar-refractivity contribution in [3.63, 3.8) is 0 Å². The van der Waals surface area contributed by atoms with Crippen LogP contribution in [0.15, 0.2) is 48.5 Å². The Morgan fingerprint density at radius 3 is 2.57 bits per heavy atom. The van der Waals surface area contributed by atoms with Crippen LogP contribution in [0.25, 0.3) is 0 Å². The van der Waals surface area contributed by atoms with E-state index in [9.17, 15) is 5.11 Å². The van der Waals surface area contributed by atoms with E-state index in [1.54, 1.807) is 7.11 Å². The molecule has 0 aromatic heterocycles. The maximum absolute atomic E-state index is 10.1. The van der Waals surface area contributed by atoms with Crippen LogP contribution in [-0.2, 0) is 0 Å². The molecule has 0 aliphatic rings. The lowest BCUT2D eigenvalue weighted by Gasteiger charge is -2.18. The van der Waals surface area contributed by atoms with Gasteiger partial charge >= 0.3 is 0 Å². The van der Waals surface area contributed by atoms with Gasteiger partial charge < -0.3 is 19.9 Å². The average Bonchev–Trinajstić information content (AvgIpc) is 2.58. The first kappa shape index (κ1) is 17.3. The maximum atomic E-state index is 10.1. The second kappa shape index (κ2) is 8.56. The third-order valence-electron chi connectivity index (χ3n) is 3.69. The number of aliphatic hydroxyl groups excluding tert-OH is 1. The van der Waals surface area contributed by atoms with E-state index in [4.69, 9.17) is 9.47 Å². The fourth-order valence-corrected chi connectivity index (χ4v) is 2.30. The van der Waals surface area contributed by atoms with Gasteiger partial charge in [0.15, 0.2) is 0 Å². The first-order valence-electron chi connectivity index (χ1n) is 7.83. The molecule has 4 nitrogen and oxygen atoms in total. The molecule has 0 fully saturated rings. The number of aliphatic hydroxyl groups is 1. The van der Waals surface area contributed by atoms with E-state index in [0.29, 0.717) is 6.54 Å². The molecular weight excluding hydrogens is 290 g/mol. The Morgan fingerprint density at radius 1 is 1.09 bits per heavy atom. The fraction of sp³-hybridized carbons (Fsp3) is 0.368. The van der Waals surface area contributed by atoms with Gasteiger partial charge in [-0.05, 0) is 49.2 Å². The molecule has 0 saturated heterocycles. The van der Waals surface area contributed by atoms with Crippen molar-refractivity contribution in [1.82, 2.24) is 5.32 Å². The van der Waals surface area contributed by atoms with Gasteiger partial charge in [-0.1, -0.05) is 24.3 Å². The molecule has 0 radical (unpaired) electrons. The summed E-state index contributed by atoms with van der Waals surface area (Å²) in [7, 11) is 1.66. The number of nitrogens with one attached hydrogen (secondary N) is 1. The van der Waals surface area contributed by atoms with E-state index < -0.39 is 6.10 Å². The minimum Gasteiger partial charge on any atom is -0.497 e. The highest BCUT2D eigenvalue weighted by molar-refractivity contribution is 5.30. The molecule has 2 unspecified atom stereocenters. The highest BCUT2D eigenvalue weighted by Gasteiger charge is 2.10. The van der Waals surface area contributed by atoms with Gasteiger partial charge in [0, 0.05) is 12.6 Å². The topological polar surface area (TPSA) is 50.7 Å². The van der Waals surface area contributed by atoms with E-state index in [2.05, 4.69) is 12.2 Å². The molecule has 0 bridgehead atoms. The summed E-state index contributed by atoms with van der Waals surface area (Å²) in [6.45, 7) is 4.80. The van der Waals surface area contributed by atoms with Crippen LogP contribution in [0.4, 0.5) is 0 Å². The molecule has 2 atom stereocenters. The van der Waals surface area contributed by atoms with Gasteiger partial charge in [0.05, 0.1) is 7.11 Å². The molecule has 2 aromatic carbocycles. The Kier molecular flexibility index (Phi) is 6.44. The van der Waals surface area contributed by atoms with Crippen LogP contribution in [0.3, 0.4) is 0 Å². The zero-order valence-electron chi connectivity index (χ0n) is 14.0. The zero-order valence-corrected chi connectivity index (χ0v) is 14.0. The monoisotopic (exact) mass is 315 g/mol. The second-order valence-electron chi connectivity index (χ2n) is 5.69. The average molecular weight is 315 g/mol. The van der Waals surface area contributed by atoms with Crippen LogP contribution >= 0.6 is 0 Å². The SMILES string of the molecule is COc1cccc(C(C)NCC(O)COc2cccc(C)c2)c1. The molecule has 0 aliphatic carbocycles. The van der Waals surface area contributed by atoms with Crippen LogP contribution in [-0.4, -0.2) is 31.5 Å². The Bertz CT molecular complexity index is 615. The predicted molar refractivity (Wildman–Crippen MR) is 92.1 cm³/mol. The van der Waals surface area contributed by atoms with Crippen LogP contribution in [0.5, 0.6) is 11.5 Å². The van der Waals surface area contributed by atoms with Crippen molar-refractivity contribution < 1.29 is 14.6 Å². The van der Waals surface area contributed by atoms with Crippen molar-refractivity contribution in [3.05, 3.63) is 59.7 Å². The Morgan fingerprint density at radius 2 is 1.83 bits per heavy atom. The van der Waals surface area contributed by atoms with E-state index in [-0.39, 0.29) is 12.6 Å². The molecule has 2 rings (SSSR count). The Hall–Kier alpha value is -2.04. The smallest absolute Gasteiger partial charge is 0.119 e. The molecule has 0 saturated carbocycles. The number of ether oxygens (including phenoxy) is 2. The molecule has 0 aliphatic heterocycles. The van der Waals surface area contributed by atoms with Crippen molar-refractivity contribution in [2.24, 2.45) is 0 Å². The second-order valence-corrected chi connectivity index (χ2v) is 5.69. The Labute approximate surface area is 138 Å². The minimum absolute atomic E-state index is 0.124. The number of benzene rings is 2. The van der Waals surface area contributed by atoms with E-state index in [1.807, 2.05) is 55.5 Å². The van der Waals surface area contributed by atoms with Gasteiger partial charge in [0.25, 0.3) is 0 Å². The first-order chi connectivity index (χ1) is 11.1. The van der Waals surface area contributed by atoms with Crippen LogP contribution in [0.2, 0.25) is 0 Å². The van der Waals surface area contributed by atoms with Crippen molar-refractivity contribution >= 4 is 0 Å². The summed E-state index contributed by atoms with van der Waals surface area (Å²) in [5, 5.41) is 13.4. The van der Waals surface area contributed by atoms with E-state index in [0.717, 1.165) is 22.6 Å². The number of methoxy groups -OCH3 is 1. The zero-order chi connectivity index (χ0) is 16.7.